The summed E-state index contributed by atoms with van der Waals surface area (Å²) in [7, 11) is 4.28. The van der Waals surface area contributed by atoms with E-state index in [1.54, 1.807) is 0 Å². The predicted molar refractivity (Wildman–Crippen MR) is 81.8 cm³/mol. The topological polar surface area (TPSA) is 3.24 Å². The van der Waals surface area contributed by atoms with Crippen molar-refractivity contribution < 1.29 is 21.2 Å². The molecule has 2 aromatic carbocycles. The number of rotatable bonds is 7. The maximum atomic E-state index is 2.32. The Hall–Kier alpha value is -0.870. The van der Waals surface area contributed by atoms with E-state index in [9.17, 15) is 0 Å². The van der Waals surface area contributed by atoms with Crippen molar-refractivity contribution in [3.63, 3.8) is 0 Å². The lowest BCUT2D eigenvalue weighted by molar-refractivity contribution is -0.597. The van der Waals surface area contributed by atoms with Crippen LogP contribution in [0.2, 0.25) is 0 Å². The summed E-state index contributed by atoms with van der Waals surface area (Å²) in [4.78, 5) is 2.26. The number of nitrogens with zero attached hydrogens (tertiary/aromatic N) is 1. The molecule has 2 heteroatoms. The minimum atomic E-state index is -0.0164. The van der Waals surface area contributed by atoms with Crippen LogP contribution in [0, 0.1) is 7.14 Å². The first kappa shape index (κ1) is 15.5. The van der Waals surface area contributed by atoms with Crippen LogP contribution >= 0.6 is 0 Å². The summed E-state index contributed by atoms with van der Waals surface area (Å²) in [6.07, 6.45) is 3.77. The molecule has 0 radical (unpaired) electrons. The monoisotopic (exact) mass is 380 g/mol. The Morgan fingerprint density at radius 1 is 0.800 bits per heavy atom. The third kappa shape index (κ3) is 5.63. The zero-order valence-corrected chi connectivity index (χ0v) is 14.5. The van der Waals surface area contributed by atoms with Gasteiger partial charge in [-0.1, -0.05) is 30.3 Å². The van der Waals surface area contributed by atoms with Gasteiger partial charge in [0.15, 0.2) is 7.14 Å². The first-order valence-corrected chi connectivity index (χ1v) is 9.33. The molecule has 0 N–H and O–H groups in total. The summed E-state index contributed by atoms with van der Waals surface area (Å²) in [5, 5.41) is 0. The maximum absolute atomic E-state index is 2.32. The average molecular weight is 380 g/mol. The van der Waals surface area contributed by atoms with Gasteiger partial charge in [0.1, 0.15) is 0 Å². The van der Waals surface area contributed by atoms with Gasteiger partial charge in [0.25, 0.3) is 0 Å². The van der Waals surface area contributed by atoms with E-state index in [-0.39, 0.29) is 21.2 Å². The third-order valence-corrected chi connectivity index (χ3v) is 5.87. The van der Waals surface area contributed by atoms with Gasteiger partial charge in [0.2, 0.25) is 0 Å². The number of hydrogen-bond donors (Lipinski definition) is 0. The van der Waals surface area contributed by atoms with Gasteiger partial charge in [-0.25, -0.2) is 0 Å². The average Bonchev–Trinajstić information content (AvgIpc) is 2.46. The maximum Gasteiger partial charge on any atom is 0.357 e. The van der Waals surface area contributed by atoms with Crippen LogP contribution in [0.15, 0.2) is 54.6 Å². The lowest BCUT2D eigenvalue weighted by Gasteiger charge is -2.08. The fourth-order valence-electron chi connectivity index (χ4n) is 2.07. The standard InChI is InChI=1S/C18H23IN/c1-20(2)15-7-6-8-16-11-13-18(14-12-16)19-17-9-4-3-5-10-17/h3-5,9-14H,6-8,15H2,1-2H3/q+1. The quantitative estimate of drug-likeness (QED) is 0.505. The molecule has 1 nitrogen and oxygen atoms in total. The molecular weight excluding hydrogens is 357 g/mol. The number of benzene rings is 2. The fourth-order valence-corrected chi connectivity index (χ4v) is 4.29. The molecule has 0 fully saturated rings. The molecule has 0 spiro atoms. The van der Waals surface area contributed by atoms with Crippen molar-refractivity contribution in [1.29, 1.82) is 0 Å². The molecule has 0 bridgehead atoms. The van der Waals surface area contributed by atoms with Gasteiger partial charge in [0, 0.05) is 0 Å². The van der Waals surface area contributed by atoms with Crippen molar-refractivity contribution in [3.05, 3.63) is 67.3 Å². The fraction of sp³-hybridized carbons (Fsp3) is 0.333. The molecule has 0 heterocycles. The van der Waals surface area contributed by atoms with E-state index < -0.39 is 0 Å². The van der Waals surface area contributed by atoms with Gasteiger partial charge in [-0.15, -0.1) is 0 Å². The lowest BCUT2D eigenvalue weighted by atomic mass is 10.1. The van der Waals surface area contributed by atoms with Gasteiger partial charge in [-0.2, -0.15) is 0 Å². The van der Waals surface area contributed by atoms with Gasteiger partial charge >= 0.3 is 21.2 Å². The summed E-state index contributed by atoms with van der Waals surface area (Å²) in [6, 6.07) is 20.1. The Balaban J connectivity index is 1.81. The molecule has 0 aliphatic rings. The summed E-state index contributed by atoms with van der Waals surface area (Å²) in [6.45, 7) is 1.19. The van der Waals surface area contributed by atoms with Crippen molar-refractivity contribution in [1.82, 2.24) is 4.90 Å². The molecule has 0 atom stereocenters. The van der Waals surface area contributed by atoms with E-state index in [0.29, 0.717) is 0 Å². The molecule has 2 aromatic rings. The first-order chi connectivity index (χ1) is 9.74. The second kappa shape index (κ2) is 8.42. The van der Waals surface area contributed by atoms with Crippen molar-refractivity contribution in [3.8, 4) is 0 Å². The molecule has 0 aliphatic carbocycles. The van der Waals surface area contributed by atoms with E-state index in [1.165, 1.54) is 38.5 Å². The van der Waals surface area contributed by atoms with Crippen molar-refractivity contribution in [2.45, 2.75) is 19.3 Å². The zero-order chi connectivity index (χ0) is 14.2. The summed E-state index contributed by atoms with van der Waals surface area (Å²) in [5.41, 5.74) is 1.48. The molecule has 0 saturated carbocycles. The Kier molecular flexibility index (Phi) is 6.54. The number of hydrogen-bond acceptors (Lipinski definition) is 1. The molecule has 0 amide bonds. The van der Waals surface area contributed by atoms with Crippen LogP contribution < -0.4 is 21.2 Å². The van der Waals surface area contributed by atoms with Crippen molar-refractivity contribution in [2.75, 3.05) is 20.6 Å². The Morgan fingerprint density at radius 2 is 1.45 bits per heavy atom. The van der Waals surface area contributed by atoms with Crippen LogP contribution in [0.5, 0.6) is 0 Å². The van der Waals surface area contributed by atoms with Crippen LogP contribution in [-0.2, 0) is 6.42 Å². The van der Waals surface area contributed by atoms with Crippen LogP contribution in [-0.4, -0.2) is 25.5 Å². The third-order valence-electron chi connectivity index (χ3n) is 3.19. The van der Waals surface area contributed by atoms with E-state index in [1.807, 2.05) is 0 Å². The van der Waals surface area contributed by atoms with E-state index in [2.05, 4.69) is 73.6 Å². The molecular formula is C18H23IN+. The minimum Gasteiger partial charge on any atom is -0.309 e. The SMILES string of the molecule is CN(C)CCCCc1ccc([I+]c2ccccc2)cc1. The highest BCUT2D eigenvalue weighted by molar-refractivity contribution is 5.14. The molecule has 106 valence electrons. The molecule has 0 saturated heterocycles. The normalized spacial score (nSPS) is 10.9. The van der Waals surface area contributed by atoms with Crippen LogP contribution in [0.3, 0.4) is 0 Å². The van der Waals surface area contributed by atoms with Gasteiger partial charge in [-0.05, 0) is 69.7 Å². The van der Waals surface area contributed by atoms with Crippen molar-refractivity contribution >= 4 is 0 Å². The summed E-state index contributed by atoms with van der Waals surface area (Å²) in [5.74, 6) is 0. The molecule has 2 rings (SSSR count). The number of unbranched alkanes of at least 4 members (excludes halogenated alkanes) is 1. The zero-order valence-electron chi connectivity index (χ0n) is 12.3. The highest BCUT2D eigenvalue weighted by Crippen LogP contribution is 2.04. The Labute approximate surface area is 133 Å². The van der Waals surface area contributed by atoms with Crippen LogP contribution in [0.4, 0.5) is 0 Å². The van der Waals surface area contributed by atoms with E-state index in [4.69, 9.17) is 0 Å². The number of halogens is 1. The van der Waals surface area contributed by atoms with Crippen LogP contribution in [0.1, 0.15) is 18.4 Å². The van der Waals surface area contributed by atoms with Gasteiger partial charge < -0.3 is 4.90 Å². The largest absolute Gasteiger partial charge is 0.357 e. The second-order valence-corrected chi connectivity index (χ2v) is 8.31. The van der Waals surface area contributed by atoms with E-state index >= 15 is 0 Å². The Morgan fingerprint density at radius 3 is 2.10 bits per heavy atom. The molecule has 0 unspecified atom stereocenters. The molecule has 20 heavy (non-hydrogen) atoms. The highest BCUT2D eigenvalue weighted by atomic mass is 127. The molecule has 0 aromatic heterocycles. The highest BCUT2D eigenvalue weighted by Gasteiger charge is 2.13. The van der Waals surface area contributed by atoms with Crippen LogP contribution in [0.25, 0.3) is 0 Å². The van der Waals surface area contributed by atoms with Gasteiger partial charge in [-0.3, -0.25) is 0 Å². The smallest absolute Gasteiger partial charge is 0.309 e. The molecule has 0 aliphatic heterocycles. The van der Waals surface area contributed by atoms with E-state index in [0.717, 1.165) is 0 Å². The van der Waals surface area contributed by atoms with Gasteiger partial charge in [0.05, 0.1) is 0 Å². The predicted octanol–water partition coefficient (Wildman–Crippen LogP) is 0.699. The number of aryl methyl sites for hydroxylation is 1. The Bertz CT molecular complexity index is 491. The summed E-state index contributed by atoms with van der Waals surface area (Å²) < 4.78 is 3.00. The second-order valence-electron chi connectivity index (χ2n) is 5.28. The van der Waals surface area contributed by atoms with Crippen molar-refractivity contribution in [2.24, 2.45) is 0 Å². The first-order valence-electron chi connectivity index (χ1n) is 7.17. The minimum absolute atomic E-state index is 0.0164. The lowest BCUT2D eigenvalue weighted by Crippen LogP contribution is -3.61. The summed E-state index contributed by atoms with van der Waals surface area (Å²) >= 11 is -0.0164.